The summed E-state index contributed by atoms with van der Waals surface area (Å²) < 4.78 is 0. The van der Waals surface area contributed by atoms with E-state index in [9.17, 15) is 9.90 Å². The summed E-state index contributed by atoms with van der Waals surface area (Å²) in [5.41, 5.74) is 6.56. The number of fused-ring (bicyclic) bond motifs is 1. The number of rotatable bonds is 2. The molecule has 5 heteroatoms. The normalized spacial score (nSPS) is 26.2. The lowest BCUT2D eigenvalue weighted by Crippen LogP contribution is -2.47. The summed E-state index contributed by atoms with van der Waals surface area (Å²) in [6, 6.07) is 5.31. The van der Waals surface area contributed by atoms with Gasteiger partial charge in [0.2, 0.25) is 0 Å². The number of nitrogens with one attached hydrogen (secondary N) is 1. The van der Waals surface area contributed by atoms with Crippen molar-refractivity contribution < 1.29 is 9.90 Å². The Morgan fingerprint density at radius 2 is 2.20 bits per heavy atom. The second kappa shape index (κ2) is 5.32. The van der Waals surface area contributed by atoms with E-state index in [1.165, 1.54) is 31.5 Å². The first-order valence-corrected chi connectivity index (χ1v) is 7.27. The highest BCUT2D eigenvalue weighted by Gasteiger charge is 2.32. The number of carbonyl (C=O) groups excluding carboxylic acids is 1. The van der Waals surface area contributed by atoms with Gasteiger partial charge in [0.1, 0.15) is 5.75 Å². The first-order chi connectivity index (χ1) is 9.63. The van der Waals surface area contributed by atoms with Gasteiger partial charge in [0.15, 0.2) is 0 Å². The number of phenols is 1. The highest BCUT2D eigenvalue weighted by atomic mass is 16.3. The number of hydrogen-bond donors (Lipinski definition) is 3. The SMILES string of the molecule is Nc1ccc(O)cc1C(=O)NC1CCN2CCCC2C1. The lowest BCUT2D eigenvalue weighted by molar-refractivity contribution is 0.0896. The Morgan fingerprint density at radius 3 is 3.05 bits per heavy atom. The maximum absolute atomic E-state index is 12.3. The second-order valence-corrected chi connectivity index (χ2v) is 5.80. The monoisotopic (exact) mass is 275 g/mol. The van der Waals surface area contributed by atoms with Gasteiger partial charge in [-0.2, -0.15) is 0 Å². The van der Waals surface area contributed by atoms with Gasteiger partial charge in [-0.15, -0.1) is 0 Å². The molecule has 1 aromatic rings. The van der Waals surface area contributed by atoms with Gasteiger partial charge in [-0.05, 0) is 50.4 Å². The number of nitrogens with zero attached hydrogens (tertiary/aromatic N) is 1. The number of amides is 1. The average molecular weight is 275 g/mol. The van der Waals surface area contributed by atoms with Gasteiger partial charge in [0, 0.05) is 24.3 Å². The molecule has 2 atom stereocenters. The molecule has 108 valence electrons. The molecule has 0 radical (unpaired) electrons. The van der Waals surface area contributed by atoms with Crippen molar-refractivity contribution in [2.45, 2.75) is 37.8 Å². The van der Waals surface area contributed by atoms with E-state index in [1.54, 1.807) is 6.07 Å². The predicted octanol–water partition coefficient (Wildman–Crippen LogP) is 1.33. The summed E-state index contributed by atoms with van der Waals surface area (Å²) in [5, 5.41) is 12.5. The number of phenolic OH excluding ortho intramolecular Hbond substituents is 1. The molecular weight excluding hydrogens is 254 g/mol. The van der Waals surface area contributed by atoms with Crippen molar-refractivity contribution >= 4 is 11.6 Å². The van der Waals surface area contributed by atoms with Gasteiger partial charge in [-0.3, -0.25) is 4.79 Å². The molecule has 1 amide bonds. The van der Waals surface area contributed by atoms with Crippen LogP contribution in [0.15, 0.2) is 18.2 Å². The third-order valence-corrected chi connectivity index (χ3v) is 4.44. The Kier molecular flexibility index (Phi) is 3.53. The number of nitrogens with two attached hydrogens (primary N) is 1. The van der Waals surface area contributed by atoms with Crippen LogP contribution in [0.2, 0.25) is 0 Å². The molecule has 0 bridgehead atoms. The Balaban J connectivity index is 1.65. The molecule has 2 aliphatic rings. The topological polar surface area (TPSA) is 78.6 Å². The first kappa shape index (κ1) is 13.2. The maximum Gasteiger partial charge on any atom is 0.253 e. The minimum absolute atomic E-state index is 0.0648. The van der Waals surface area contributed by atoms with Crippen LogP contribution in [-0.2, 0) is 0 Å². The van der Waals surface area contributed by atoms with E-state index < -0.39 is 0 Å². The van der Waals surface area contributed by atoms with E-state index in [2.05, 4.69) is 10.2 Å². The van der Waals surface area contributed by atoms with Crippen molar-refractivity contribution in [2.75, 3.05) is 18.8 Å². The molecule has 0 saturated carbocycles. The zero-order chi connectivity index (χ0) is 14.1. The van der Waals surface area contributed by atoms with Crippen LogP contribution in [0.4, 0.5) is 5.69 Å². The van der Waals surface area contributed by atoms with E-state index >= 15 is 0 Å². The number of aromatic hydroxyl groups is 1. The van der Waals surface area contributed by atoms with E-state index in [1.807, 2.05) is 0 Å². The average Bonchev–Trinajstić information content (AvgIpc) is 2.89. The van der Waals surface area contributed by atoms with Crippen molar-refractivity contribution in [1.82, 2.24) is 10.2 Å². The molecule has 5 nitrogen and oxygen atoms in total. The molecule has 2 aliphatic heterocycles. The Labute approximate surface area is 118 Å². The van der Waals surface area contributed by atoms with E-state index in [4.69, 9.17) is 5.73 Å². The summed E-state index contributed by atoms with van der Waals surface area (Å²) in [6.07, 6.45) is 4.51. The van der Waals surface area contributed by atoms with Gasteiger partial charge >= 0.3 is 0 Å². The summed E-state index contributed by atoms with van der Waals surface area (Å²) in [7, 11) is 0. The fraction of sp³-hybridized carbons (Fsp3) is 0.533. The fourth-order valence-corrected chi connectivity index (χ4v) is 3.36. The molecule has 2 heterocycles. The smallest absolute Gasteiger partial charge is 0.253 e. The third-order valence-electron chi connectivity index (χ3n) is 4.44. The van der Waals surface area contributed by atoms with Crippen LogP contribution < -0.4 is 11.1 Å². The predicted molar refractivity (Wildman–Crippen MR) is 77.6 cm³/mol. The van der Waals surface area contributed by atoms with Crippen LogP contribution in [0.5, 0.6) is 5.75 Å². The summed E-state index contributed by atoms with van der Waals surface area (Å²) in [4.78, 5) is 14.8. The number of hydrogen-bond acceptors (Lipinski definition) is 4. The largest absolute Gasteiger partial charge is 0.508 e. The molecule has 4 N–H and O–H groups in total. The van der Waals surface area contributed by atoms with Crippen LogP contribution in [0.25, 0.3) is 0 Å². The van der Waals surface area contributed by atoms with Crippen LogP contribution >= 0.6 is 0 Å². The van der Waals surface area contributed by atoms with Crippen LogP contribution in [0.1, 0.15) is 36.0 Å². The molecule has 2 saturated heterocycles. The minimum Gasteiger partial charge on any atom is -0.508 e. The van der Waals surface area contributed by atoms with Gasteiger partial charge in [-0.1, -0.05) is 0 Å². The summed E-state index contributed by atoms with van der Waals surface area (Å²) >= 11 is 0. The van der Waals surface area contributed by atoms with Crippen LogP contribution in [-0.4, -0.2) is 41.1 Å². The molecule has 0 spiro atoms. The van der Waals surface area contributed by atoms with Crippen molar-refractivity contribution in [3.63, 3.8) is 0 Å². The molecule has 20 heavy (non-hydrogen) atoms. The van der Waals surface area contributed by atoms with E-state index in [0.29, 0.717) is 17.3 Å². The minimum atomic E-state index is -0.185. The first-order valence-electron chi connectivity index (χ1n) is 7.27. The van der Waals surface area contributed by atoms with Crippen LogP contribution in [0, 0.1) is 0 Å². The number of piperidine rings is 1. The number of nitrogen functional groups attached to an aromatic ring is 1. The van der Waals surface area contributed by atoms with Gasteiger partial charge in [-0.25, -0.2) is 0 Å². The number of benzene rings is 1. The summed E-state index contributed by atoms with van der Waals surface area (Å²) in [6.45, 7) is 2.26. The molecule has 1 aromatic carbocycles. The zero-order valence-electron chi connectivity index (χ0n) is 11.5. The summed E-state index contributed by atoms with van der Waals surface area (Å²) in [5.74, 6) is -0.121. The quantitative estimate of drug-likeness (QED) is 0.562. The standard InChI is InChI=1S/C15H21N3O2/c16-14-4-3-12(19)9-13(14)15(20)17-10-5-7-18-6-1-2-11(18)8-10/h3-4,9-11,19H,1-2,5-8,16H2,(H,17,20). The lowest BCUT2D eigenvalue weighted by Gasteiger charge is -2.35. The highest BCUT2D eigenvalue weighted by molar-refractivity contribution is 5.99. The van der Waals surface area contributed by atoms with E-state index in [-0.39, 0.29) is 17.7 Å². The molecule has 3 rings (SSSR count). The molecule has 0 aromatic heterocycles. The Bertz CT molecular complexity index is 518. The van der Waals surface area contributed by atoms with Crippen molar-refractivity contribution in [2.24, 2.45) is 0 Å². The number of anilines is 1. The van der Waals surface area contributed by atoms with E-state index in [0.717, 1.165) is 19.4 Å². The van der Waals surface area contributed by atoms with Crippen LogP contribution in [0.3, 0.4) is 0 Å². The third kappa shape index (κ3) is 2.58. The highest BCUT2D eigenvalue weighted by Crippen LogP contribution is 2.27. The second-order valence-electron chi connectivity index (χ2n) is 5.80. The van der Waals surface area contributed by atoms with Crippen molar-refractivity contribution in [3.05, 3.63) is 23.8 Å². The molecule has 2 unspecified atom stereocenters. The zero-order valence-corrected chi connectivity index (χ0v) is 11.5. The van der Waals surface area contributed by atoms with Gasteiger partial charge in [0.05, 0.1) is 5.56 Å². The molecular formula is C15H21N3O2. The number of carbonyl (C=O) groups is 1. The molecule has 0 aliphatic carbocycles. The van der Waals surface area contributed by atoms with Crippen molar-refractivity contribution in [1.29, 1.82) is 0 Å². The maximum atomic E-state index is 12.3. The van der Waals surface area contributed by atoms with Gasteiger partial charge in [0.25, 0.3) is 5.91 Å². The Morgan fingerprint density at radius 1 is 1.35 bits per heavy atom. The van der Waals surface area contributed by atoms with Crippen molar-refractivity contribution in [3.8, 4) is 5.75 Å². The molecule has 2 fully saturated rings. The Hall–Kier alpha value is -1.75. The fourth-order valence-electron chi connectivity index (χ4n) is 3.36. The lowest BCUT2D eigenvalue weighted by atomic mass is 9.97. The van der Waals surface area contributed by atoms with Gasteiger partial charge < -0.3 is 21.1 Å².